The Morgan fingerprint density at radius 1 is 1.03 bits per heavy atom. The lowest BCUT2D eigenvalue weighted by Crippen LogP contribution is -2.25. The first-order chi connectivity index (χ1) is 16.6. The minimum Gasteiger partial charge on any atom is -0.426 e. The van der Waals surface area contributed by atoms with E-state index in [0.29, 0.717) is 12.8 Å². The number of ether oxygens (including phenoxy) is 1. The van der Waals surface area contributed by atoms with Crippen molar-refractivity contribution >= 4 is 5.97 Å². The van der Waals surface area contributed by atoms with E-state index in [2.05, 4.69) is 16.9 Å². The van der Waals surface area contributed by atoms with Gasteiger partial charge in [0.25, 0.3) is 0 Å². The van der Waals surface area contributed by atoms with Crippen molar-refractivity contribution in [3.63, 3.8) is 0 Å². The first-order valence-corrected chi connectivity index (χ1v) is 12.8. The molecule has 0 amide bonds. The number of benzene rings is 1. The number of aryl methyl sites for hydroxylation is 1. The Balaban J connectivity index is 1.37. The fraction of sp³-hybridized carbons (Fsp3) is 0.571. The zero-order valence-electron chi connectivity index (χ0n) is 20.3. The topological polar surface area (TPSA) is 75.9 Å². The third-order valence-electron chi connectivity index (χ3n) is 6.75. The molecule has 3 rings (SSSR count). The van der Waals surface area contributed by atoms with Crippen LogP contribution in [0.5, 0.6) is 5.75 Å². The molecule has 1 aromatic carbocycles. The van der Waals surface area contributed by atoms with Gasteiger partial charge in [0, 0.05) is 24.4 Å². The van der Waals surface area contributed by atoms with Crippen LogP contribution in [-0.4, -0.2) is 15.9 Å². The van der Waals surface area contributed by atoms with E-state index < -0.39 is 5.82 Å². The summed E-state index contributed by atoms with van der Waals surface area (Å²) in [6.45, 7) is 2.25. The van der Waals surface area contributed by atoms with Gasteiger partial charge in [0.15, 0.2) is 0 Å². The van der Waals surface area contributed by atoms with Crippen molar-refractivity contribution < 1.29 is 13.9 Å². The van der Waals surface area contributed by atoms with Crippen molar-refractivity contribution in [1.29, 1.82) is 5.26 Å². The SMILES string of the molecule is CCCCCCCCCCc1cnc(C2CCC(C(=O)Oc3ccc(C#N)c(F)c3)CC2)nc1. The maximum Gasteiger partial charge on any atom is 0.314 e. The lowest BCUT2D eigenvalue weighted by Gasteiger charge is -2.26. The molecule has 0 atom stereocenters. The Labute approximate surface area is 202 Å². The van der Waals surface area contributed by atoms with Gasteiger partial charge in [-0.05, 0) is 56.2 Å². The van der Waals surface area contributed by atoms with Crippen LogP contribution in [0.25, 0.3) is 0 Å². The zero-order chi connectivity index (χ0) is 24.2. The van der Waals surface area contributed by atoms with E-state index in [9.17, 15) is 9.18 Å². The third kappa shape index (κ3) is 7.90. The molecule has 1 aliphatic carbocycles. The molecule has 1 heterocycles. The van der Waals surface area contributed by atoms with Gasteiger partial charge in [0.05, 0.1) is 11.5 Å². The van der Waals surface area contributed by atoms with Gasteiger partial charge in [0.2, 0.25) is 0 Å². The molecule has 5 nitrogen and oxygen atoms in total. The quantitative estimate of drug-likeness (QED) is 0.191. The van der Waals surface area contributed by atoms with Crippen LogP contribution >= 0.6 is 0 Å². The average Bonchev–Trinajstić information content (AvgIpc) is 2.86. The van der Waals surface area contributed by atoms with Crippen molar-refractivity contribution in [2.24, 2.45) is 5.92 Å². The molecule has 0 aliphatic heterocycles. The second-order valence-corrected chi connectivity index (χ2v) is 9.40. The van der Waals surface area contributed by atoms with E-state index in [1.54, 1.807) is 6.07 Å². The van der Waals surface area contributed by atoms with E-state index in [0.717, 1.165) is 31.2 Å². The summed E-state index contributed by atoms with van der Waals surface area (Å²) < 4.78 is 19.1. The van der Waals surface area contributed by atoms with Crippen LogP contribution in [0.1, 0.15) is 107 Å². The van der Waals surface area contributed by atoms with Gasteiger partial charge in [0.1, 0.15) is 23.5 Å². The molecular formula is C28H36FN3O2. The fourth-order valence-electron chi connectivity index (χ4n) is 4.60. The molecule has 34 heavy (non-hydrogen) atoms. The molecule has 0 N–H and O–H groups in total. The second-order valence-electron chi connectivity index (χ2n) is 9.40. The number of aromatic nitrogens is 2. The normalized spacial score (nSPS) is 17.8. The van der Waals surface area contributed by atoms with Gasteiger partial charge in [-0.1, -0.05) is 51.9 Å². The molecule has 0 spiro atoms. The van der Waals surface area contributed by atoms with Gasteiger partial charge in [-0.15, -0.1) is 0 Å². The standard InChI is InChI=1S/C28H36FN3O2/c1-2-3-4-5-6-7-8-9-10-21-19-31-27(32-20-21)22-11-13-23(14-12-22)28(33)34-25-16-15-24(18-30)26(29)17-25/h15-17,19-20,22-23H,2-14H2,1H3. The monoisotopic (exact) mass is 465 g/mol. The highest BCUT2D eigenvalue weighted by Crippen LogP contribution is 2.35. The van der Waals surface area contributed by atoms with Gasteiger partial charge < -0.3 is 4.74 Å². The van der Waals surface area contributed by atoms with Crippen LogP contribution < -0.4 is 4.74 Å². The highest BCUT2D eigenvalue weighted by atomic mass is 19.1. The van der Waals surface area contributed by atoms with Crippen molar-refractivity contribution in [1.82, 2.24) is 9.97 Å². The third-order valence-corrected chi connectivity index (χ3v) is 6.75. The smallest absolute Gasteiger partial charge is 0.314 e. The first-order valence-electron chi connectivity index (χ1n) is 12.8. The predicted molar refractivity (Wildman–Crippen MR) is 130 cm³/mol. The summed E-state index contributed by atoms with van der Waals surface area (Å²) in [5.41, 5.74) is 1.13. The first kappa shape index (κ1) is 25.8. The molecular weight excluding hydrogens is 429 g/mol. The number of unbranched alkanes of at least 4 members (excludes halogenated alkanes) is 7. The summed E-state index contributed by atoms with van der Waals surface area (Å²) in [5, 5.41) is 8.81. The second kappa shape index (κ2) is 13.8. The number of carbonyl (C=O) groups excluding carboxylic acids is 1. The van der Waals surface area contributed by atoms with E-state index >= 15 is 0 Å². The Kier molecular flexibility index (Phi) is 10.5. The Hall–Kier alpha value is -2.81. The number of esters is 1. The highest BCUT2D eigenvalue weighted by Gasteiger charge is 2.29. The van der Waals surface area contributed by atoms with Gasteiger partial charge >= 0.3 is 5.97 Å². The minimum atomic E-state index is -0.681. The van der Waals surface area contributed by atoms with Crippen LogP contribution in [0, 0.1) is 23.1 Å². The van der Waals surface area contributed by atoms with E-state index in [4.69, 9.17) is 10.00 Å². The van der Waals surface area contributed by atoms with Crippen molar-refractivity contribution in [2.75, 3.05) is 0 Å². The molecule has 0 unspecified atom stereocenters. The zero-order valence-corrected chi connectivity index (χ0v) is 20.3. The van der Waals surface area contributed by atoms with Crippen LogP contribution in [-0.2, 0) is 11.2 Å². The molecule has 0 bridgehead atoms. The predicted octanol–water partition coefficient (Wildman–Crippen LogP) is 7.05. The Morgan fingerprint density at radius 2 is 1.68 bits per heavy atom. The number of hydrogen-bond donors (Lipinski definition) is 0. The van der Waals surface area contributed by atoms with Crippen molar-refractivity contribution in [3.05, 3.63) is 53.4 Å². The van der Waals surface area contributed by atoms with Gasteiger partial charge in [-0.3, -0.25) is 4.79 Å². The molecule has 1 saturated carbocycles. The Morgan fingerprint density at radius 3 is 2.29 bits per heavy atom. The van der Waals surface area contributed by atoms with E-state index in [-0.39, 0.29) is 29.1 Å². The molecule has 1 aliphatic rings. The molecule has 1 fully saturated rings. The number of hydrogen-bond acceptors (Lipinski definition) is 5. The molecule has 182 valence electrons. The summed E-state index contributed by atoms with van der Waals surface area (Å²) in [6, 6.07) is 5.62. The minimum absolute atomic E-state index is 0.0656. The lowest BCUT2D eigenvalue weighted by molar-refractivity contribution is -0.140. The summed E-state index contributed by atoms with van der Waals surface area (Å²) in [4.78, 5) is 21.7. The maximum absolute atomic E-state index is 13.7. The fourth-order valence-corrected chi connectivity index (χ4v) is 4.60. The van der Waals surface area contributed by atoms with E-state index in [1.165, 1.54) is 69.1 Å². The molecule has 2 aromatic rings. The largest absolute Gasteiger partial charge is 0.426 e. The number of rotatable bonds is 12. The van der Waals surface area contributed by atoms with Crippen molar-refractivity contribution in [3.8, 4) is 11.8 Å². The summed E-state index contributed by atoms with van der Waals surface area (Å²) in [5.74, 6) is 0.0215. The molecule has 0 saturated heterocycles. The number of nitriles is 1. The van der Waals surface area contributed by atoms with Crippen LogP contribution in [0.4, 0.5) is 4.39 Å². The van der Waals surface area contributed by atoms with Gasteiger partial charge in [-0.2, -0.15) is 5.26 Å². The van der Waals surface area contributed by atoms with Crippen molar-refractivity contribution in [2.45, 2.75) is 96.3 Å². The number of carbonyl (C=O) groups is 1. The van der Waals surface area contributed by atoms with Crippen LogP contribution in [0.2, 0.25) is 0 Å². The average molecular weight is 466 g/mol. The summed E-state index contributed by atoms with van der Waals surface area (Å²) >= 11 is 0. The van der Waals surface area contributed by atoms with E-state index in [1.807, 2.05) is 12.4 Å². The molecule has 0 radical (unpaired) electrons. The Bertz CT molecular complexity index is 947. The highest BCUT2D eigenvalue weighted by molar-refractivity contribution is 5.75. The molecule has 1 aromatic heterocycles. The lowest BCUT2D eigenvalue weighted by atomic mass is 9.81. The van der Waals surface area contributed by atoms with Crippen LogP contribution in [0.3, 0.4) is 0 Å². The number of nitrogens with zero attached hydrogens (tertiary/aromatic N) is 3. The van der Waals surface area contributed by atoms with Gasteiger partial charge in [-0.25, -0.2) is 14.4 Å². The summed E-state index contributed by atoms with van der Waals surface area (Å²) in [6.07, 6.45) is 18.5. The van der Waals surface area contributed by atoms with Crippen LogP contribution in [0.15, 0.2) is 30.6 Å². The summed E-state index contributed by atoms with van der Waals surface area (Å²) in [7, 11) is 0. The number of halogens is 1. The molecule has 6 heteroatoms. The maximum atomic E-state index is 13.7.